The van der Waals surface area contributed by atoms with Crippen molar-refractivity contribution in [3.63, 3.8) is 0 Å². The van der Waals surface area contributed by atoms with E-state index in [1.165, 1.54) is 0 Å². The van der Waals surface area contributed by atoms with Crippen LogP contribution in [0.1, 0.15) is 42.6 Å². The average molecular weight is 492 g/mol. The van der Waals surface area contributed by atoms with Crippen molar-refractivity contribution in [2.24, 2.45) is 5.92 Å². The molecule has 0 saturated carbocycles. The van der Waals surface area contributed by atoms with E-state index in [9.17, 15) is 32.9 Å². The van der Waals surface area contributed by atoms with Gasteiger partial charge in [0.05, 0.1) is 10.5 Å². The van der Waals surface area contributed by atoms with Crippen molar-refractivity contribution in [3.8, 4) is 0 Å². The van der Waals surface area contributed by atoms with E-state index in [-0.39, 0.29) is 36.5 Å². The number of amides is 2. The molecule has 188 valence electrons. The van der Waals surface area contributed by atoms with Crippen molar-refractivity contribution in [1.82, 2.24) is 4.90 Å². The number of carbonyl (C=O) groups is 2. The van der Waals surface area contributed by atoms with E-state index in [2.05, 4.69) is 5.32 Å². The van der Waals surface area contributed by atoms with Gasteiger partial charge in [0, 0.05) is 49.4 Å². The van der Waals surface area contributed by atoms with Crippen LogP contribution in [0.2, 0.25) is 0 Å². The fourth-order valence-corrected chi connectivity index (χ4v) is 4.16. The van der Waals surface area contributed by atoms with Gasteiger partial charge in [0.2, 0.25) is 5.91 Å². The smallest absolute Gasteiger partial charge is 0.366 e. The van der Waals surface area contributed by atoms with Crippen LogP contribution in [0.4, 0.5) is 30.2 Å². The number of hydrogen-bond donors (Lipinski definition) is 1. The number of rotatable bonds is 7. The Morgan fingerprint density at radius 2 is 1.77 bits per heavy atom. The first-order valence-corrected chi connectivity index (χ1v) is 11.4. The molecule has 2 aromatic rings. The highest BCUT2D eigenvalue weighted by Gasteiger charge is 2.35. The summed E-state index contributed by atoms with van der Waals surface area (Å²) in [5, 5.41) is 14.2. The van der Waals surface area contributed by atoms with Gasteiger partial charge in [-0.3, -0.25) is 19.7 Å². The molecule has 1 fully saturated rings. The van der Waals surface area contributed by atoms with Crippen LogP contribution in [0.15, 0.2) is 42.5 Å². The predicted molar refractivity (Wildman–Crippen MR) is 125 cm³/mol. The van der Waals surface area contributed by atoms with Gasteiger partial charge in [0.25, 0.3) is 11.6 Å². The first-order chi connectivity index (χ1) is 16.5. The number of carbonyl (C=O) groups excluding carboxylic acids is 2. The lowest BCUT2D eigenvalue weighted by Crippen LogP contribution is -2.38. The largest absolute Gasteiger partial charge is 0.416 e. The van der Waals surface area contributed by atoms with Crippen LogP contribution < -0.4 is 10.2 Å². The molecule has 35 heavy (non-hydrogen) atoms. The summed E-state index contributed by atoms with van der Waals surface area (Å²) in [6, 6.07) is 9.18. The zero-order valence-corrected chi connectivity index (χ0v) is 19.5. The molecule has 1 saturated heterocycles. The van der Waals surface area contributed by atoms with Crippen molar-refractivity contribution in [3.05, 3.63) is 63.7 Å². The summed E-state index contributed by atoms with van der Waals surface area (Å²) in [5.74, 6) is -0.738. The van der Waals surface area contributed by atoms with Crippen LogP contribution >= 0.6 is 0 Å². The van der Waals surface area contributed by atoms with E-state index >= 15 is 0 Å². The maximum absolute atomic E-state index is 13.0. The Bertz CT molecular complexity index is 1090. The molecule has 0 bridgehead atoms. The number of nitrogens with zero attached hydrogens (tertiary/aromatic N) is 3. The van der Waals surface area contributed by atoms with Crippen LogP contribution in [-0.4, -0.2) is 47.8 Å². The van der Waals surface area contributed by atoms with Crippen molar-refractivity contribution >= 4 is 28.9 Å². The SMILES string of the molecule is CCN(CC)C(=O)c1cccc(NC(=O)C2CCN(c3ccc(C(F)(F)F)cc3[N+](=O)[O-])CC2)c1. The number of nitro groups is 1. The topological polar surface area (TPSA) is 95.8 Å². The van der Waals surface area contributed by atoms with Crippen molar-refractivity contribution in [2.75, 3.05) is 36.4 Å². The van der Waals surface area contributed by atoms with Crippen molar-refractivity contribution < 1.29 is 27.7 Å². The molecule has 2 aromatic carbocycles. The third-order valence-electron chi connectivity index (χ3n) is 6.13. The highest BCUT2D eigenvalue weighted by molar-refractivity contribution is 5.97. The van der Waals surface area contributed by atoms with Crippen LogP contribution in [0.25, 0.3) is 0 Å². The monoisotopic (exact) mass is 492 g/mol. The van der Waals surface area contributed by atoms with Gasteiger partial charge in [0.15, 0.2) is 0 Å². The van der Waals surface area contributed by atoms with Gasteiger partial charge >= 0.3 is 6.18 Å². The molecule has 2 amide bonds. The fraction of sp³-hybridized carbons (Fsp3) is 0.417. The number of nitro benzene ring substituents is 1. The summed E-state index contributed by atoms with van der Waals surface area (Å²) in [5.41, 5.74) is -0.629. The lowest BCUT2D eigenvalue weighted by Gasteiger charge is -2.32. The summed E-state index contributed by atoms with van der Waals surface area (Å²) in [6.45, 7) is 5.48. The van der Waals surface area contributed by atoms with Gasteiger partial charge in [-0.2, -0.15) is 13.2 Å². The predicted octanol–water partition coefficient (Wildman–Crippen LogP) is 4.95. The Kier molecular flexibility index (Phi) is 7.98. The maximum Gasteiger partial charge on any atom is 0.416 e. The zero-order chi connectivity index (χ0) is 25.8. The van der Waals surface area contributed by atoms with E-state index in [0.29, 0.717) is 43.2 Å². The van der Waals surface area contributed by atoms with Gasteiger partial charge in [0.1, 0.15) is 5.69 Å². The van der Waals surface area contributed by atoms with Gasteiger partial charge < -0.3 is 15.1 Å². The number of piperidine rings is 1. The third-order valence-corrected chi connectivity index (χ3v) is 6.13. The highest BCUT2D eigenvalue weighted by Crippen LogP contribution is 2.37. The summed E-state index contributed by atoms with van der Waals surface area (Å²) in [4.78, 5) is 39.3. The van der Waals surface area contributed by atoms with Gasteiger partial charge in [-0.25, -0.2) is 0 Å². The van der Waals surface area contributed by atoms with Crippen molar-refractivity contribution in [2.45, 2.75) is 32.9 Å². The van der Waals surface area contributed by atoms with Gasteiger partial charge in [-0.15, -0.1) is 0 Å². The molecule has 0 radical (unpaired) electrons. The summed E-state index contributed by atoms with van der Waals surface area (Å²) < 4.78 is 38.9. The molecular weight excluding hydrogens is 465 g/mol. The van der Waals surface area contributed by atoms with E-state index in [1.54, 1.807) is 34.1 Å². The Balaban J connectivity index is 1.66. The Morgan fingerprint density at radius 1 is 1.11 bits per heavy atom. The Morgan fingerprint density at radius 3 is 2.34 bits per heavy atom. The second-order valence-corrected chi connectivity index (χ2v) is 8.27. The molecule has 0 aliphatic carbocycles. The quantitative estimate of drug-likeness (QED) is 0.436. The lowest BCUT2D eigenvalue weighted by molar-refractivity contribution is -0.384. The molecule has 0 unspecified atom stereocenters. The number of nitrogens with one attached hydrogen (secondary N) is 1. The molecule has 1 aliphatic heterocycles. The molecule has 0 atom stereocenters. The molecule has 0 spiro atoms. The minimum absolute atomic E-state index is 0.101. The van der Waals surface area contributed by atoms with E-state index in [1.807, 2.05) is 13.8 Å². The number of benzene rings is 2. The minimum Gasteiger partial charge on any atom is -0.366 e. The third kappa shape index (κ3) is 6.09. The number of anilines is 2. The first-order valence-electron chi connectivity index (χ1n) is 11.4. The summed E-state index contributed by atoms with van der Waals surface area (Å²) >= 11 is 0. The number of halogens is 3. The molecule has 1 aliphatic rings. The second-order valence-electron chi connectivity index (χ2n) is 8.27. The maximum atomic E-state index is 13.0. The standard InChI is InChI=1S/C24H27F3N4O4/c1-3-29(4-2)23(33)17-6-5-7-19(14-17)28-22(32)16-10-12-30(13-11-16)20-9-8-18(24(25,26)27)15-21(20)31(34)35/h5-9,14-16H,3-4,10-13H2,1-2H3,(H,28,32). The zero-order valence-electron chi connectivity index (χ0n) is 19.5. The van der Waals surface area contributed by atoms with E-state index < -0.39 is 22.4 Å². The Hall–Kier alpha value is -3.63. The van der Waals surface area contributed by atoms with Gasteiger partial charge in [-0.05, 0) is 57.0 Å². The van der Waals surface area contributed by atoms with Crippen LogP contribution in [0.5, 0.6) is 0 Å². The molecule has 1 heterocycles. The van der Waals surface area contributed by atoms with Crippen molar-refractivity contribution in [1.29, 1.82) is 0 Å². The van der Waals surface area contributed by atoms with Crippen LogP contribution in [0.3, 0.4) is 0 Å². The molecule has 11 heteroatoms. The van der Waals surface area contributed by atoms with Crippen LogP contribution in [-0.2, 0) is 11.0 Å². The Labute approximate surface area is 200 Å². The lowest BCUT2D eigenvalue weighted by atomic mass is 9.95. The van der Waals surface area contributed by atoms with Crippen LogP contribution in [0, 0.1) is 16.0 Å². The van der Waals surface area contributed by atoms with Gasteiger partial charge in [-0.1, -0.05) is 6.07 Å². The highest BCUT2D eigenvalue weighted by atomic mass is 19.4. The molecule has 0 aromatic heterocycles. The first kappa shape index (κ1) is 26.0. The van der Waals surface area contributed by atoms with E-state index in [0.717, 1.165) is 12.1 Å². The summed E-state index contributed by atoms with van der Waals surface area (Å²) in [7, 11) is 0. The molecule has 8 nitrogen and oxygen atoms in total. The fourth-order valence-electron chi connectivity index (χ4n) is 4.16. The number of alkyl halides is 3. The average Bonchev–Trinajstić information content (AvgIpc) is 2.84. The number of hydrogen-bond acceptors (Lipinski definition) is 5. The van der Waals surface area contributed by atoms with E-state index in [4.69, 9.17) is 0 Å². The molecule has 1 N–H and O–H groups in total. The molecule has 3 rings (SSSR count). The normalized spacial score (nSPS) is 14.5. The second kappa shape index (κ2) is 10.7. The summed E-state index contributed by atoms with van der Waals surface area (Å²) in [6.07, 6.45) is -3.92. The molecular formula is C24H27F3N4O4. The minimum atomic E-state index is -4.68.